The summed E-state index contributed by atoms with van der Waals surface area (Å²) in [4.78, 5) is 13.9. The number of para-hydroxylation sites is 2. The predicted octanol–water partition coefficient (Wildman–Crippen LogP) is 2.94. The smallest absolute Gasteiger partial charge is 0.248 e. The number of carbonyl (C=O) groups excluding carboxylic acids is 1. The van der Waals surface area contributed by atoms with Crippen LogP contribution in [0.1, 0.15) is 0 Å². The number of thiocarbonyl (C=S) groups is 1. The number of nitrogens with zero attached hydrogens (tertiary/aromatic N) is 1. The van der Waals surface area contributed by atoms with E-state index in [2.05, 4.69) is 5.32 Å². The Morgan fingerprint density at radius 2 is 1.96 bits per heavy atom. The molecule has 2 aromatic carbocycles. The van der Waals surface area contributed by atoms with Crippen LogP contribution in [-0.4, -0.2) is 32.2 Å². The molecule has 1 heterocycles. The maximum absolute atomic E-state index is 12.6. The molecule has 0 aliphatic carbocycles. The van der Waals surface area contributed by atoms with Gasteiger partial charge in [0.25, 0.3) is 0 Å². The Bertz CT molecular complexity index is 766. The van der Waals surface area contributed by atoms with Crippen molar-refractivity contribution in [2.24, 2.45) is 0 Å². The van der Waals surface area contributed by atoms with Crippen LogP contribution in [0.4, 0.5) is 11.4 Å². The molecule has 1 aliphatic rings. The molecule has 3 N–H and O–H groups in total. The zero-order valence-corrected chi connectivity index (χ0v) is 13.6. The van der Waals surface area contributed by atoms with E-state index in [0.717, 1.165) is 5.69 Å². The van der Waals surface area contributed by atoms with Gasteiger partial charge in [-0.1, -0.05) is 42.2 Å². The van der Waals surface area contributed by atoms with Gasteiger partial charge in [0.2, 0.25) is 5.91 Å². The number of benzene rings is 2. The monoisotopic (exact) mass is 346 g/mol. The van der Waals surface area contributed by atoms with E-state index in [1.807, 2.05) is 6.07 Å². The van der Waals surface area contributed by atoms with E-state index in [-0.39, 0.29) is 22.7 Å². The van der Waals surface area contributed by atoms with Crippen LogP contribution in [0.25, 0.3) is 0 Å². The Kier molecular flexibility index (Phi) is 4.40. The van der Waals surface area contributed by atoms with Crippen LogP contribution < -0.4 is 10.2 Å². The lowest BCUT2D eigenvalue weighted by Gasteiger charge is -2.17. The first-order valence-electron chi connectivity index (χ1n) is 6.92. The molecule has 1 saturated heterocycles. The Balaban J connectivity index is 1.73. The Morgan fingerprint density at radius 3 is 2.70 bits per heavy atom. The predicted molar refractivity (Wildman–Crippen MR) is 96.2 cm³/mol. The summed E-state index contributed by atoms with van der Waals surface area (Å²) in [6, 6.07) is 13.3. The van der Waals surface area contributed by atoms with E-state index in [4.69, 9.17) is 12.2 Å². The first kappa shape index (κ1) is 15.6. The number of phenolic OH excluding ortho intramolecular Hbond substituents is 2. The third-order valence-corrected chi connectivity index (χ3v) is 4.89. The molecular weight excluding hydrogens is 332 g/mol. The van der Waals surface area contributed by atoms with E-state index in [9.17, 15) is 15.0 Å². The maximum atomic E-state index is 12.6. The number of hydrogen-bond donors (Lipinski definition) is 3. The number of amides is 1. The van der Waals surface area contributed by atoms with Crippen LogP contribution in [0.5, 0.6) is 11.5 Å². The molecular formula is C16H14N2O3S2. The molecule has 5 nitrogen and oxygen atoms in total. The van der Waals surface area contributed by atoms with Gasteiger partial charge in [-0.05, 0) is 24.3 Å². The maximum Gasteiger partial charge on any atom is 0.248 e. The molecule has 0 radical (unpaired) electrons. The minimum atomic E-state index is -0.385. The van der Waals surface area contributed by atoms with Crippen molar-refractivity contribution in [3.05, 3.63) is 48.5 Å². The first-order chi connectivity index (χ1) is 11.1. The van der Waals surface area contributed by atoms with Gasteiger partial charge in [0, 0.05) is 18.3 Å². The SMILES string of the molecule is O=C1C(CNc2cccc(O)c2)SC(=S)N1c1ccccc1O. The fourth-order valence-corrected chi connectivity index (χ4v) is 3.73. The van der Waals surface area contributed by atoms with Crippen LogP contribution in [0, 0.1) is 0 Å². The van der Waals surface area contributed by atoms with Crippen molar-refractivity contribution < 1.29 is 15.0 Å². The van der Waals surface area contributed by atoms with Crippen LogP contribution in [-0.2, 0) is 4.79 Å². The Morgan fingerprint density at radius 1 is 1.17 bits per heavy atom. The average Bonchev–Trinajstić information content (AvgIpc) is 2.80. The summed E-state index contributed by atoms with van der Waals surface area (Å²) in [7, 11) is 0. The average molecular weight is 346 g/mol. The molecule has 7 heteroatoms. The highest BCUT2D eigenvalue weighted by Gasteiger charge is 2.38. The van der Waals surface area contributed by atoms with E-state index in [1.165, 1.54) is 22.7 Å². The summed E-state index contributed by atoms with van der Waals surface area (Å²) in [5.74, 6) is 0.00583. The minimum absolute atomic E-state index is 0.0189. The van der Waals surface area contributed by atoms with Crippen molar-refractivity contribution in [3.8, 4) is 11.5 Å². The van der Waals surface area contributed by atoms with E-state index >= 15 is 0 Å². The molecule has 0 spiro atoms. The van der Waals surface area contributed by atoms with Crippen molar-refractivity contribution >= 4 is 45.6 Å². The number of anilines is 2. The highest BCUT2D eigenvalue weighted by atomic mass is 32.2. The number of carbonyl (C=O) groups is 1. The summed E-state index contributed by atoms with van der Waals surface area (Å²) < 4.78 is 0.416. The fraction of sp³-hybridized carbons (Fsp3) is 0.125. The van der Waals surface area contributed by atoms with Crippen LogP contribution in [0.3, 0.4) is 0 Å². The van der Waals surface area contributed by atoms with Crippen molar-refractivity contribution in [1.29, 1.82) is 0 Å². The zero-order valence-electron chi connectivity index (χ0n) is 12.0. The number of rotatable bonds is 4. The van der Waals surface area contributed by atoms with Gasteiger partial charge in [0.1, 0.15) is 21.1 Å². The van der Waals surface area contributed by atoms with E-state index < -0.39 is 0 Å². The lowest BCUT2D eigenvalue weighted by molar-refractivity contribution is -0.116. The highest BCUT2D eigenvalue weighted by Crippen LogP contribution is 2.36. The summed E-state index contributed by atoms with van der Waals surface area (Å²) in [6.07, 6.45) is 0. The first-order valence-corrected chi connectivity index (χ1v) is 8.20. The standard InChI is InChI=1S/C16H14N2O3S2/c19-11-5-3-4-10(8-11)17-9-14-15(21)18(16(22)23-14)12-6-1-2-7-13(12)20/h1-8,14,17,19-20H,9H2. The van der Waals surface area contributed by atoms with Gasteiger partial charge < -0.3 is 15.5 Å². The third-order valence-electron chi connectivity index (χ3n) is 3.38. The van der Waals surface area contributed by atoms with Crippen LogP contribution in [0.2, 0.25) is 0 Å². The summed E-state index contributed by atoms with van der Waals surface area (Å²) in [6.45, 7) is 0.372. The van der Waals surface area contributed by atoms with Gasteiger partial charge in [-0.3, -0.25) is 9.69 Å². The minimum Gasteiger partial charge on any atom is -0.508 e. The van der Waals surface area contributed by atoms with E-state index in [0.29, 0.717) is 16.6 Å². The molecule has 1 aliphatic heterocycles. The molecule has 0 aromatic heterocycles. The quantitative estimate of drug-likeness (QED) is 0.739. The third kappa shape index (κ3) is 3.25. The van der Waals surface area contributed by atoms with Gasteiger partial charge in [0.05, 0.1) is 5.69 Å². The number of thioether (sulfide) groups is 1. The van der Waals surface area contributed by atoms with Crippen molar-refractivity contribution in [2.75, 3.05) is 16.8 Å². The Labute approximate surface area is 142 Å². The molecule has 3 rings (SSSR count). The normalized spacial score (nSPS) is 17.6. The van der Waals surface area contributed by atoms with Gasteiger partial charge in [-0.25, -0.2) is 0 Å². The largest absolute Gasteiger partial charge is 0.508 e. The Hall–Kier alpha value is -2.25. The van der Waals surface area contributed by atoms with Gasteiger partial charge in [-0.2, -0.15) is 0 Å². The van der Waals surface area contributed by atoms with Gasteiger partial charge in [0.15, 0.2) is 0 Å². The molecule has 2 aromatic rings. The molecule has 0 bridgehead atoms. The van der Waals surface area contributed by atoms with Crippen molar-refractivity contribution in [3.63, 3.8) is 0 Å². The second kappa shape index (κ2) is 6.47. The van der Waals surface area contributed by atoms with Crippen molar-refractivity contribution in [2.45, 2.75) is 5.25 Å². The second-order valence-corrected chi connectivity index (χ2v) is 6.80. The van der Waals surface area contributed by atoms with Crippen molar-refractivity contribution in [1.82, 2.24) is 0 Å². The topological polar surface area (TPSA) is 72.8 Å². The molecule has 1 amide bonds. The summed E-state index contributed by atoms with van der Waals surface area (Å²) >= 11 is 6.56. The van der Waals surface area contributed by atoms with Crippen LogP contribution in [0.15, 0.2) is 48.5 Å². The molecule has 0 saturated carbocycles. The van der Waals surface area contributed by atoms with Crippen LogP contribution >= 0.6 is 24.0 Å². The molecule has 118 valence electrons. The number of aromatic hydroxyl groups is 2. The molecule has 1 atom stereocenters. The molecule has 1 unspecified atom stereocenters. The second-order valence-electron chi connectivity index (χ2n) is 4.97. The summed E-state index contributed by atoms with van der Waals surface area (Å²) in [5.41, 5.74) is 1.13. The fourth-order valence-electron chi connectivity index (χ4n) is 2.28. The summed E-state index contributed by atoms with van der Waals surface area (Å²) in [5, 5.41) is 22.1. The number of nitrogens with one attached hydrogen (secondary N) is 1. The number of phenols is 2. The van der Waals surface area contributed by atoms with Gasteiger partial charge in [-0.15, -0.1) is 0 Å². The lowest BCUT2D eigenvalue weighted by Crippen LogP contribution is -2.33. The molecule has 23 heavy (non-hydrogen) atoms. The zero-order chi connectivity index (χ0) is 16.4. The number of hydrogen-bond acceptors (Lipinski definition) is 6. The van der Waals surface area contributed by atoms with E-state index in [1.54, 1.807) is 36.4 Å². The molecule has 1 fully saturated rings. The lowest BCUT2D eigenvalue weighted by atomic mass is 10.2. The van der Waals surface area contributed by atoms with Gasteiger partial charge >= 0.3 is 0 Å². The highest BCUT2D eigenvalue weighted by molar-refractivity contribution is 8.25.